The van der Waals surface area contributed by atoms with E-state index in [1.807, 2.05) is 11.8 Å². The Labute approximate surface area is 115 Å². The number of hydrogen-bond acceptors (Lipinski definition) is 3. The van der Waals surface area contributed by atoms with E-state index in [2.05, 4.69) is 11.6 Å². The summed E-state index contributed by atoms with van der Waals surface area (Å²) < 4.78 is 0.300. The van der Waals surface area contributed by atoms with Crippen LogP contribution in [-0.4, -0.2) is 29.5 Å². The van der Waals surface area contributed by atoms with E-state index >= 15 is 0 Å². The lowest BCUT2D eigenvalue weighted by Gasteiger charge is -2.31. The van der Waals surface area contributed by atoms with Gasteiger partial charge in [0.05, 0.1) is 5.92 Å². The van der Waals surface area contributed by atoms with E-state index < -0.39 is 0 Å². The second kappa shape index (κ2) is 6.29. The third-order valence-electron chi connectivity index (χ3n) is 4.69. The molecular formula is C14H26N2OS. The summed E-state index contributed by atoms with van der Waals surface area (Å²) in [5, 5.41) is 3.18. The molecule has 104 valence electrons. The summed E-state index contributed by atoms with van der Waals surface area (Å²) in [5.74, 6) is 0.251. The molecule has 3 nitrogen and oxygen atoms in total. The Kier molecular flexibility index (Phi) is 4.96. The molecule has 2 rings (SSSR count). The van der Waals surface area contributed by atoms with E-state index in [0.717, 1.165) is 25.8 Å². The fourth-order valence-electron chi connectivity index (χ4n) is 3.34. The molecule has 0 bridgehead atoms. The monoisotopic (exact) mass is 270 g/mol. The van der Waals surface area contributed by atoms with Crippen molar-refractivity contribution in [1.29, 1.82) is 0 Å². The number of nitrogens with one attached hydrogen (secondary N) is 1. The van der Waals surface area contributed by atoms with Crippen LogP contribution in [0.5, 0.6) is 0 Å². The van der Waals surface area contributed by atoms with Crippen molar-refractivity contribution in [2.45, 2.75) is 62.2 Å². The molecule has 4 heteroatoms. The van der Waals surface area contributed by atoms with Gasteiger partial charge in [-0.2, -0.15) is 11.8 Å². The predicted octanol–water partition coefficient (Wildman–Crippen LogP) is 2.30. The van der Waals surface area contributed by atoms with Gasteiger partial charge in [0.1, 0.15) is 0 Å². The molecule has 0 saturated heterocycles. The topological polar surface area (TPSA) is 55.1 Å². The Morgan fingerprint density at radius 3 is 2.56 bits per heavy atom. The Morgan fingerprint density at radius 1 is 1.28 bits per heavy atom. The first-order chi connectivity index (χ1) is 8.67. The van der Waals surface area contributed by atoms with Gasteiger partial charge in [0.15, 0.2) is 0 Å². The van der Waals surface area contributed by atoms with Crippen LogP contribution in [0.15, 0.2) is 0 Å². The van der Waals surface area contributed by atoms with E-state index in [-0.39, 0.29) is 17.9 Å². The van der Waals surface area contributed by atoms with E-state index in [9.17, 15) is 4.79 Å². The van der Waals surface area contributed by atoms with Crippen LogP contribution in [0, 0.1) is 5.92 Å². The number of carbonyl (C=O) groups is 1. The summed E-state index contributed by atoms with van der Waals surface area (Å²) >= 11 is 1.92. The highest BCUT2D eigenvalue weighted by Gasteiger charge is 2.35. The number of thioether (sulfide) groups is 1. The van der Waals surface area contributed by atoms with Crippen LogP contribution in [0.25, 0.3) is 0 Å². The van der Waals surface area contributed by atoms with Crippen LogP contribution < -0.4 is 11.1 Å². The maximum atomic E-state index is 12.2. The van der Waals surface area contributed by atoms with Gasteiger partial charge in [-0.1, -0.05) is 25.7 Å². The molecule has 1 amide bonds. The van der Waals surface area contributed by atoms with Gasteiger partial charge < -0.3 is 11.1 Å². The summed E-state index contributed by atoms with van der Waals surface area (Å²) in [6.07, 6.45) is 11.6. The standard InChI is InChI=1S/C14H26N2OS/c1-18-14(8-4-5-9-14)10-16-13(17)11-6-2-3-7-12(11)15/h11-12H,2-10,15H2,1H3,(H,16,17). The second-order valence-corrected chi connectivity index (χ2v) is 7.14. The molecule has 0 heterocycles. The van der Waals surface area contributed by atoms with Crippen molar-refractivity contribution in [2.24, 2.45) is 11.7 Å². The number of carbonyl (C=O) groups excluding carboxylic acids is 1. The van der Waals surface area contributed by atoms with Crippen molar-refractivity contribution < 1.29 is 4.79 Å². The van der Waals surface area contributed by atoms with E-state index in [1.165, 1.54) is 32.1 Å². The zero-order chi connectivity index (χ0) is 13.0. The van der Waals surface area contributed by atoms with Gasteiger partial charge in [-0.15, -0.1) is 0 Å². The lowest BCUT2D eigenvalue weighted by atomic mass is 9.84. The molecule has 3 N–H and O–H groups in total. The molecule has 0 aliphatic heterocycles. The van der Waals surface area contributed by atoms with Crippen LogP contribution in [0.4, 0.5) is 0 Å². The van der Waals surface area contributed by atoms with Gasteiger partial charge in [0.25, 0.3) is 0 Å². The van der Waals surface area contributed by atoms with Gasteiger partial charge in [0, 0.05) is 17.3 Å². The molecule has 2 aliphatic carbocycles. The van der Waals surface area contributed by atoms with Crippen molar-refractivity contribution in [3.63, 3.8) is 0 Å². The van der Waals surface area contributed by atoms with Crippen LogP contribution in [-0.2, 0) is 4.79 Å². The Bertz CT molecular complexity index is 290. The quantitative estimate of drug-likeness (QED) is 0.824. The van der Waals surface area contributed by atoms with Crippen molar-refractivity contribution >= 4 is 17.7 Å². The van der Waals surface area contributed by atoms with E-state index in [4.69, 9.17) is 5.73 Å². The largest absolute Gasteiger partial charge is 0.354 e. The lowest BCUT2D eigenvalue weighted by Crippen LogP contribution is -2.47. The first-order valence-corrected chi connectivity index (χ1v) is 8.48. The Morgan fingerprint density at radius 2 is 1.94 bits per heavy atom. The lowest BCUT2D eigenvalue weighted by molar-refractivity contribution is -0.126. The van der Waals surface area contributed by atoms with Crippen LogP contribution in [0.3, 0.4) is 0 Å². The second-order valence-electron chi connectivity index (χ2n) is 5.87. The molecule has 0 aromatic heterocycles. The molecule has 0 spiro atoms. The Balaban J connectivity index is 1.83. The summed E-state index contributed by atoms with van der Waals surface area (Å²) in [6, 6.07) is 0.0764. The summed E-state index contributed by atoms with van der Waals surface area (Å²) in [4.78, 5) is 12.2. The number of rotatable bonds is 4. The normalized spacial score (nSPS) is 31.2. The molecule has 18 heavy (non-hydrogen) atoms. The van der Waals surface area contributed by atoms with E-state index in [0.29, 0.717) is 4.75 Å². The molecule has 0 radical (unpaired) electrons. The fourth-order valence-corrected chi connectivity index (χ4v) is 4.25. The van der Waals surface area contributed by atoms with Crippen molar-refractivity contribution in [1.82, 2.24) is 5.32 Å². The average molecular weight is 270 g/mol. The fraction of sp³-hybridized carbons (Fsp3) is 0.929. The maximum Gasteiger partial charge on any atom is 0.224 e. The van der Waals surface area contributed by atoms with Crippen molar-refractivity contribution in [2.75, 3.05) is 12.8 Å². The van der Waals surface area contributed by atoms with Gasteiger partial charge in [-0.25, -0.2) is 0 Å². The third kappa shape index (κ3) is 3.21. The summed E-state index contributed by atoms with van der Waals surface area (Å²) in [7, 11) is 0. The highest BCUT2D eigenvalue weighted by Crippen LogP contribution is 2.39. The van der Waals surface area contributed by atoms with Gasteiger partial charge >= 0.3 is 0 Å². The number of hydrogen-bond donors (Lipinski definition) is 2. The molecular weight excluding hydrogens is 244 g/mol. The summed E-state index contributed by atoms with van der Waals surface area (Å²) in [6.45, 7) is 0.830. The predicted molar refractivity (Wildman–Crippen MR) is 77.7 cm³/mol. The molecule has 2 unspecified atom stereocenters. The first kappa shape index (κ1) is 14.2. The minimum atomic E-state index is 0.0547. The van der Waals surface area contributed by atoms with Crippen molar-refractivity contribution in [3.05, 3.63) is 0 Å². The van der Waals surface area contributed by atoms with Crippen LogP contribution >= 0.6 is 11.8 Å². The van der Waals surface area contributed by atoms with Gasteiger partial charge in [0.2, 0.25) is 5.91 Å². The summed E-state index contributed by atoms with van der Waals surface area (Å²) in [5.41, 5.74) is 6.06. The number of nitrogens with two attached hydrogens (primary N) is 1. The zero-order valence-electron chi connectivity index (χ0n) is 11.4. The highest BCUT2D eigenvalue weighted by molar-refractivity contribution is 8.00. The molecule has 0 aromatic rings. The van der Waals surface area contributed by atoms with E-state index in [1.54, 1.807) is 0 Å². The molecule has 2 atom stereocenters. The van der Waals surface area contributed by atoms with Gasteiger partial charge in [-0.3, -0.25) is 4.79 Å². The van der Waals surface area contributed by atoms with Crippen LogP contribution in [0.1, 0.15) is 51.4 Å². The Hall–Kier alpha value is -0.220. The smallest absolute Gasteiger partial charge is 0.224 e. The minimum Gasteiger partial charge on any atom is -0.354 e. The maximum absolute atomic E-state index is 12.2. The molecule has 2 fully saturated rings. The molecule has 2 saturated carbocycles. The third-order valence-corrected chi connectivity index (χ3v) is 6.11. The van der Waals surface area contributed by atoms with Crippen molar-refractivity contribution in [3.8, 4) is 0 Å². The minimum absolute atomic E-state index is 0.0547. The first-order valence-electron chi connectivity index (χ1n) is 7.25. The van der Waals surface area contributed by atoms with Crippen LogP contribution in [0.2, 0.25) is 0 Å². The molecule has 2 aliphatic rings. The van der Waals surface area contributed by atoms with Gasteiger partial charge in [-0.05, 0) is 31.9 Å². The molecule has 0 aromatic carbocycles. The number of amides is 1. The SMILES string of the molecule is CSC1(CNC(=O)C2CCCCC2N)CCCC1. The zero-order valence-corrected chi connectivity index (χ0v) is 12.2. The average Bonchev–Trinajstić information content (AvgIpc) is 2.86. The highest BCUT2D eigenvalue weighted by atomic mass is 32.2.